The van der Waals surface area contributed by atoms with Crippen molar-refractivity contribution in [3.8, 4) is 0 Å². The van der Waals surface area contributed by atoms with Gasteiger partial charge < -0.3 is 21.5 Å². The van der Waals surface area contributed by atoms with Crippen LogP contribution in [-0.4, -0.2) is 45.1 Å². The molecule has 1 aromatic heterocycles. The van der Waals surface area contributed by atoms with Crippen LogP contribution in [0, 0.1) is 13.8 Å². The maximum Gasteiger partial charge on any atom is 0.227 e. The third-order valence-corrected chi connectivity index (χ3v) is 6.54. The number of anilines is 1. The number of piperidine rings is 1. The van der Waals surface area contributed by atoms with E-state index >= 15 is 0 Å². The standard InChI is InChI=1S/C21H27N5O2/c1-12-15(13(2)25-20(23)24-12)11-17(27)26-9-7-21(8-10-26)16-6-4-3-5-14(16)18(22)19(21)28/h3-6,18-19,28H,7-11,22H2,1-2H3,(H2,23,24,25)/t18-,19+/m1/s1. The second-order valence-electron chi connectivity index (χ2n) is 8.00. The lowest BCUT2D eigenvalue weighted by Crippen LogP contribution is -2.50. The van der Waals surface area contributed by atoms with Crippen molar-refractivity contribution in [2.45, 2.75) is 50.7 Å². The van der Waals surface area contributed by atoms with Crippen LogP contribution in [0.25, 0.3) is 0 Å². The van der Waals surface area contributed by atoms with E-state index in [9.17, 15) is 9.90 Å². The first-order valence-corrected chi connectivity index (χ1v) is 9.74. The number of aromatic nitrogens is 2. The van der Waals surface area contributed by atoms with Crippen molar-refractivity contribution in [3.05, 3.63) is 52.3 Å². The molecule has 1 aliphatic carbocycles. The van der Waals surface area contributed by atoms with Crippen LogP contribution in [-0.2, 0) is 16.6 Å². The largest absolute Gasteiger partial charge is 0.390 e. The van der Waals surface area contributed by atoms with Gasteiger partial charge in [0.1, 0.15) is 0 Å². The first-order valence-electron chi connectivity index (χ1n) is 9.74. The van der Waals surface area contributed by atoms with Gasteiger partial charge >= 0.3 is 0 Å². The minimum absolute atomic E-state index is 0.0551. The smallest absolute Gasteiger partial charge is 0.227 e. The van der Waals surface area contributed by atoms with Gasteiger partial charge in [-0.2, -0.15) is 0 Å². The number of hydrogen-bond donors (Lipinski definition) is 3. The van der Waals surface area contributed by atoms with E-state index in [2.05, 4.69) is 16.0 Å². The number of hydrogen-bond acceptors (Lipinski definition) is 6. The lowest BCUT2D eigenvalue weighted by atomic mass is 9.72. The number of aryl methyl sites for hydroxylation is 2. The van der Waals surface area contributed by atoms with E-state index in [1.54, 1.807) is 0 Å². The van der Waals surface area contributed by atoms with Crippen LogP contribution >= 0.6 is 0 Å². The molecule has 1 fully saturated rings. The molecule has 0 saturated carbocycles. The number of aliphatic hydroxyl groups is 1. The predicted molar refractivity (Wildman–Crippen MR) is 106 cm³/mol. The van der Waals surface area contributed by atoms with E-state index in [-0.39, 0.29) is 29.7 Å². The molecule has 2 aliphatic rings. The second-order valence-corrected chi connectivity index (χ2v) is 8.00. The summed E-state index contributed by atoms with van der Waals surface area (Å²) in [6.45, 7) is 4.91. The molecule has 5 N–H and O–H groups in total. The molecule has 2 heterocycles. The number of fused-ring (bicyclic) bond motifs is 2. The van der Waals surface area contributed by atoms with E-state index < -0.39 is 6.10 Å². The van der Waals surface area contributed by atoms with Gasteiger partial charge in [0.05, 0.1) is 18.6 Å². The summed E-state index contributed by atoms with van der Waals surface area (Å²) in [4.78, 5) is 23.1. The van der Waals surface area contributed by atoms with Gasteiger partial charge in [-0.1, -0.05) is 24.3 Å². The average Bonchev–Trinajstić information content (AvgIpc) is 2.88. The van der Waals surface area contributed by atoms with Crippen molar-refractivity contribution < 1.29 is 9.90 Å². The molecule has 0 bridgehead atoms. The van der Waals surface area contributed by atoms with E-state index in [4.69, 9.17) is 11.5 Å². The number of rotatable bonds is 2. The summed E-state index contributed by atoms with van der Waals surface area (Å²) in [7, 11) is 0. The zero-order chi connectivity index (χ0) is 20.1. The maximum absolute atomic E-state index is 12.9. The highest BCUT2D eigenvalue weighted by molar-refractivity contribution is 5.79. The van der Waals surface area contributed by atoms with E-state index in [1.807, 2.05) is 36.9 Å². The number of amides is 1. The van der Waals surface area contributed by atoms with Crippen molar-refractivity contribution in [1.29, 1.82) is 0 Å². The molecule has 1 spiro atoms. The Bertz CT molecular complexity index is 898. The lowest BCUT2D eigenvalue weighted by Gasteiger charge is -2.42. The van der Waals surface area contributed by atoms with Crippen LogP contribution in [0.2, 0.25) is 0 Å². The number of likely N-dealkylation sites (tertiary alicyclic amines) is 1. The Hall–Kier alpha value is -2.51. The fourth-order valence-corrected chi connectivity index (χ4v) is 4.92. The second kappa shape index (κ2) is 6.83. The third-order valence-electron chi connectivity index (χ3n) is 6.54. The van der Waals surface area contributed by atoms with Crippen LogP contribution in [0.15, 0.2) is 24.3 Å². The summed E-state index contributed by atoms with van der Waals surface area (Å²) >= 11 is 0. The van der Waals surface area contributed by atoms with E-state index in [0.29, 0.717) is 25.9 Å². The van der Waals surface area contributed by atoms with Gasteiger partial charge in [0.2, 0.25) is 11.9 Å². The monoisotopic (exact) mass is 381 g/mol. The molecule has 1 amide bonds. The zero-order valence-electron chi connectivity index (χ0n) is 16.4. The van der Waals surface area contributed by atoms with Gasteiger partial charge in [-0.25, -0.2) is 9.97 Å². The minimum atomic E-state index is -0.614. The Morgan fingerprint density at radius 3 is 2.46 bits per heavy atom. The summed E-state index contributed by atoms with van der Waals surface area (Å²) in [6, 6.07) is 7.66. The van der Waals surface area contributed by atoms with Gasteiger partial charge in [-0.15, -0.1) is 0 Å². The lowest BCUT2D eigenvalue weighted by molar-refractivity contribution is -0.132. The van der Waals surface area contributed by atoms with Crippen molar-refractivity contribution in [2.75, 3.05) is 18.8 Å². The fraction of sp³-hybridized carbons (Fsp3) is 0.476. The van der Waals surface area contributed by atoms with Crippen LogP contribution in [0.5, 0.6) is 0 Å². The summed E-state index contributed by atoms with van der Waals surface area (Å²) in [6.07, 6.45) is 1.07. The van der Waals surface area contributed by atoms with E-state index in [1.165, 1.54) is 0 Å². The van der Waals surface area contributed by atoms with Gasteiger partial charge in [0, 0.05) is 35.5 Å². The molecule has 1 aromatic carbocycles. The molecule has 7 heteroatoms. The molecule has 7 nitrogen and oxygen atoms in total. The molecule has 4 rings (SSSR count). The van der Waals surface area contributed by atoms with Crippen LogP contribution < -0.4 is 11.5 Å². The SMILES string of the molecule is Cc1nc(N)nc(C)c1CC(=O)N1CCC2(CC1)c1ccccc1[C@@H](N)[C@@H]2O. The van der Waals surface area contributed by atoms with Gasteiger partial charge in [-0.05, 0) is 37.8 Å². The summed E-state index contributed by atoms with van der Waals surface area (Å²) < 4.78 is 0. The molecule has 1 saturated heterocycles. The molecular weight excluding hydrogens is 354 g/mol. The molecule has 1 aliphatic heterocycles. The Labute approximate surface area is 164 Å². The Balaban J connectivity index is 1.50. The molecule has 28 heavy (non-hydrogen) atoms. The quantitative estimate of drug-likeness (QED) is 0.718. The molecule has 148 valence electrons. The topological polar surface area (TPSA) is 118 Å². The number of nitrogens with zero attached hydrogens (tertiary/aromatic N) is 3. The highest BCUT2D eigenvalue weighted by Crippen LogP contribution is 2.50. The minimum Gasteiger partial charge on any atom is -0.390 e. The summed E-state index contributed by atoms with van der Waals surface area (Å²) in [5.41, 5.74) is 16.1. The number of nitrogen functional groups attached to an aromatic ring is 1. The number of benzene rings is 1. The highest BCUT2D eigenvalue weighted by Gasteiger charge is 2.51. The molecule has 0 unspecified atom stereocenters. The number of aliphatic hydroxyl groups excluding tert-OH is 1. The highest BCUT2D eigenvalue weighted by atomic mass is 16.3. The number of nitrogens with two attached hydrogens (primary N) is 2. The van der Waals surface area contributed by atoms with Crippen molar-refractivity contribution in [1.82, 2.24) is 14.9 Å². The number of carbonyl (C=O) groups excluding carboxylic acids is 1. The maximum atomic E-state index is 12.9. The zero-order valence-corrected chi connectivity index (χ0v) is 16.4. The van der Waals surface area contributed by atoms with Crippen LogP contribution in [0.1, 0.15) is 47.0 Å². The normalized spacial score (nSPS) is 23.1. The van der Waals surface area contributed by atoms with Crippen LogP contribution in [0.3, 0.4) is 0 Å². The molecule has 0 radical (unpaired) electrons. The van der Waals surface area contributed by atoms with Crippen LogP contribution in [0.4, 0.5) is 5.95 Å². The average molecular weight is 381 g/mol. The Morgan fingerprint density at radius 2 is 1.82 bits per heavy atom. The van der Waals surface area contributed by atoms with Crippen molar-refractivity contribution in [2.24, 2.45) is 5.73 Å². The molecular formula is C21H27N5O2. The predicted octanol–water partition coefficient (Wildman–Crippen LogP) is 1.15. The summed E-state index contributed by atoms with van der Waals surface area (Å²) in [5, 5.41) is 10.9. The first-order chi connectivity index (χ1) is 13.3. The first kappa shape index (κ1) is 18.8. The molecule has 2 aromatic rings. The Kier molecular flexibility index (Phi) is 4.59. The van der Waals surface area contributed by atoms with Gasteiger partial charge in [0.15, 0.2) is 0 Å². The number of carbonyl (C=O) groups is 1. The third kappa shape index (κ3) is 2.86. The van der Waals surface area contributed by atoms with Crippen molar-refractivity contribution >= 4 is 11.9 Å². The Morgan fingerprint density at radius 1 is 1.21 bits per heavy atom. The van der Waals surface area contributed by atoms with E-state index in [0.717, 1.165) is 28.1 Å². The summed E-state index contributed by atoms with van der Waals surface area (Å²) in [5.74, 6) is 0.288. The fourth-order valence-electron chi connectivity index (χ4n) is 4.92. The molecule has 2 atom stereocenters. The van der Waals surface area contributed by atoms with Gasteiger partial charge in [0.25, 0.3) is 0 Å². The van der Waals surface area contributed by atoms with Gasteiger partial charge in [-0.3, -0.25) is 4.79 Å². The van der Waals surface area contributed by atoms with Crippen molar-refractivity contribution in [3.63, 3.8) is 0 Å².